The number of carbonyl (C=O) groups is 3. The summed E-state index contributed by atoms with van der Waals surface area (Å²) in [5, 5.41) is 8.25. The highest BCUT2D eigenvalue weighted by atomic mass is 19.1. The summed E-state index contributed by atoms with van der Waals surface area (Å²) >= 11 is 0. The maximum atomic E-state index is 14.1. The number of rotatable bonds is 5. The molecule has 3 amide bonds. The summed E-state index contributed by atoms with van der Waals surface area (Å²) in [6, 6.07) is 29.0. The quantitative estimate of drug-likeness (QED) is 0.273. The Morgan fingerprint density at radius 1 is 0.920 bits per heavy atom. The van der Waals surface area contributed by atoms with Crippen LogP contribution in [0.2, 0.25) is 0 Å². The number of benzene rings is 4. The van der Waals surface area contributed by atoms with Crippen LogP contribution >= 0.6 is 0 Å². The molecule has 10 heteroatoms. The normalized spacial score (nSPS) is 18.5. The lowest BCUT2D eigenvalue weighted by molar-refractivity contribution is -0.134. The zero-order chi connectivity index (χ0) is 34.5. The Balaban J connectivity index is 1.13. The van der Waals surface area contributed by atoms with Crippen LogP contribution < -0.4 is 15.4 Å². The number of halogens is 1. The van der Waals surface area contributed by atoms with E-state index in [1.54, 1.807) is 23.2 Å². The van der Waals surface area contributed by atoms with Crippen LogP contribution in [0.5, 0.6) is 5.75 Å². The molecule has 0 aliphatic carbocycles. The van der Waals surface area contributed by atoms with Crippen molar-refractivity contribution in [2.45, 2.75) is 31.5 Å². The maximum Gasteiger partial charge on any atom is 0.252 e. The largest absolute Gasteiger partial charge is 0.491 e. The lowest BCUT2D eigenvalue weighted by atomic mass is 10.0. The Hall–Kier alpha value is -5.61. The molecule has 7 rings (SSSR count). The van der Waals surface area contributed by atoms with Gasteiger partial charge in [-0.25, -0.2) is 4.39 Å². The zero-order valence-electron chi connectivity index (χ0n) is 27.6. The number of hydrogen-bond donors (Lipinski definition) is 2. The molecule has 9 nitrogen and oxygen atoms in total. The Morgan fingerprint density at radius 2 is 1.74 bits per heavy atom. The van der Waals surface area contributed by atoms with Gasteiger partial charge in [0.15, 0.2) is 0 Å². The molecule has 5 aromatic rings. The van der Waals surface area contributed by atoms with Crippen LogP contribution in [0.1, 0.15) is 27.9 Å². The Kier molecular flexibility index (Phi) is 9.79. The fraction of sp³-hybridized carbons (Fsp3) is 0.250. The standard InChI is InChI=1S/C40H38FN5O4/c41-33-11-3-6-27(16-33)23-45-15-14-43-40(49)32-17-31(21-42-22-32)29-9-5-12-36(18-29)50-26-35-20-34(24-46(35)39(48)25-45)44-38(47)19-30-10-4-8-28-7-1-2-13-37(28)30/h1-13,16-18,21-22,34-35H,14-15,19-20,23-26H2,(H,43,49)(H,44,47)/t34-,35+/m1/s1. The van der Waals surface area contributed by atoms with Crippen LogP contribution in [0.15, 0.2) is 109 Å². The van der Waals surface area contributed by atoms with Gasteiger partial charge in [-0.15, -0.1) is 0 Å². The van der Waals surface area contributed by atoms with Crippen molar-refractivity contribution in [3.63, 3.8) is 0 Å². The van der Waals surface area contributed by atoms with Crippen LogP contribution in [-0.2, 0) is 22.6 Å². The van der Waals surface area contributed by atoms with E-state index < -0.39 is 0 Å². The SMILES string of the molecule is O=C(Cc1cccc2ccccc12)N[C@@H]1C[C@H]2COc3cccc(c3)-c3cncc(c3)C(=O)NCCN(Cc3cccc(F)c3)CC(=O)N2C1. The number of pyridine rings is 1. The number of nitrogens with one attached hydrogen (secondary N) is 2. The number of nitrogens with zero attached hydrogens (tertiary/aromatic N) is 3. The summed E-state index contributed by atoms with van der Waals surface area (Å²) in [6.45, 7) is 1.51. The van der Waals surface area contributed by atoms with Gasteiger partial charge in [0.05, 0.1) is 24.6 Å². The second-order valence-electron chi connectivity index (χ2n) is 12.9. The van der Waals surface area contributed by atoms with Gasteiger partial charge in [0.25, 0.3) is 5.91 Å². The predicted octanol–water partition coefficient (Wildman–Crippen LogP) is 4.99. The van der Waals surface area contributed by atoms with Gasteiger partial charge in [-0.2, -0.15) is 0 Å². The van der Waals surface area contributed by atoms with Crippen molar-refractivity contribution >= 4 is 28.5 Å². The van der Waals surface area contributed by atoms with E-state index in [2.05, 4.69) is 15.6 Å². The molecule has 4 aromatic carbocycles. The third-order valence-corrected chi connectivity index (χ3v) is 9.31. The average molecular weight is 672 g/mol. The number of ether oxygens (including phenoxy) is 1. The molecule has 50 heavy (non-hydrogen) atoms. The molecule has 0 saturated carbocycles. The van der Waals surface area contributed by atoms with Gasteiger partial charge < -0.3 is 20.3 Å². The maximum absolute atomic E-state index is 14.1. The lowest BCUT2D eigenvalue weighted by Gasteiger charge is -2.29. The summed E-state index contributed by atoms with van der Waals surface area (Å²) in [5.74, 6) is -0.273. The number of amides is 3. The zero-order valence-corrected chi connectivity index (χ0v) is 27.6. The van der Waals surface area contributed by atoms with Gasteiger partial charge in [0, 0.05) is 50.2 Å². The molecule has 0 radical (unpaired) electrons. The molecule has 2 aliphatic heterocycles. The molecule has 0 spiro atoms. The summed E-state index contributed by atoms with van der Waals surface area (Å²) in [4.78, 5) is 48.6. The predicted molar refractivity (Wildman–Crippen MR) is 189 cm³/mol. The molecule has 1 fully saturated rings. The smallest absolute Gasteiger partial charge is 0.252 e. The molecule has 2 atom stereocenters. The van der Waals surface area contributed by atoms with E-state index in [1.807, 2.05) is 77.7 Å². The summed E-state index contributed by atoms with van der Waals surface area (Å²) in [7, 11) is 0. The van der Waals surface area contributed by atoms with E-state index in [0.717, 1.165) is 27.5 Å². The van der Waals surface area contributed by atoms with Gasteiger partial charge in [0.1, 0.15) is 18.2 Å². The highest BCUT2D eigenvalue weighted by Gasteiger charge is 2.37. The van der Waals surface area contributed by atoms with Gasteiger partial charge >= 0.3 is 0 Å². The molecule has 0 unspecified atom stereocenters. The number of aromatic nitrogens is 1. The van der Waals surface area contributed by atoms with Crippen molar-refractivity contribution in [1.29, 1.82) is 0 Å². The monoisotopic (exact) mass is 671 g/mol. The highest BCUT2D eigenvalue weighted by molar-refractivity contribution is 5.95. The van der Waals surface area contributed by atoms with Crippen LogP contribution in [0.3, 0.4) is 0 Å². The van der Waals surface area contributed by atoms with E-state index in [-0.39, 0.29) is 61.7 Å². The molecular weight excluding hydrogens is 633 g/mol. The number of carbonyl (C=O) groups excluding carboxylic acids is 3. The van der Waals surface area contributed by atoms with Crippen LogP contribution in [0.25, 0.3) is 21.9 Å². The number of hydrogen-bond acceptors (Lipinski definition) is 6. The first kappa shape index (κ1) is 32.9. The first-order chi connectivity index (χ1) is 24.4. The topological polar surface area (TPSA) is 104 Å². The van der Waals surface area contributed by atoms with E-state index in [0.29, 0.717) is 42.9 Å². The van der Waals surface area contributed by atoms with Crippen LogP contribution in [-0.4, -0.2) is 77.4 Å². The van der Waals surface area contributed by atoms with Crippen molar-refractivity contribution in [3.05, 3.63) is 132 Å². The summed E-state index contributed by atoms with van der Waals surface area (Å²) < 4.78 is 20.4. The average Bonchev–Trinajstić information content (AvgIpc) is 3.53. The van der Waals surface area contributed by atoms with Crippen LogP contribution in [0, 0.1) is 5.82 Å². The second-order valence-corrected chi connectivity index (χ2v) is 12.9. The first-order valence-corrected chi connectivity index (χ1v) is 16.9. The first-order valence-electron chi connectivity index (χ1n) is 16.9. The minimum absolute atomic E-state index is 0.0338. The molecule has 3 heterocycles. The number of fused-ring (bicyclic) bond motifs is 7. The Labute approximate surface area is 290 Å². The second kappa shape index (κ2) is 14.9. The molecule has 2 N–H and O–H groups in total. The molecule has 2 aliphatic rings. The van der Waals surface area contributed by atoms with Crippen molar-refractivity contribution in [2.24, 2.45) is 0 Å². The molecule has 1 saturated heterocycles. The minimum atomic E-state index is -0.359. The molecule has 254 valence electrons. The van der Waals surface area contributed by atoms with Gasteiger partial charge in [-0.1, -0.05) is 66.7 Å². The fourth-order valence-corrected chi connectivity index (χ4v) is 6.88. The third-order valence-electron chi connectivity index (χ3n) is 9.31. The van der Waals surface area contributed by atoms with E-state index in [9.17, 15) is 18.8 Å². The van der Waals surface area contributed by atoms with Crippen molar-refractivity contribution in [3.8, 4) is 16.9 Å². The molecular formula is C40H38FN5O4. The van der Waals surface area contributed by atoms with Gasteiger partial charge in [-0.3, -0.25) is 24.3 Å². The minimum Gasteiger partial charge on any atom is -0.491 e. The molecule has 4 bridgehead atoms. The van der Waals surface area contributed by atoms with E-state index in [1.165, 1.54) is 18.3 Å². The van der Waals surface area contributed by atoms with E-state index >= 15 is 0 Å². The van der Waals surface area contributed by atoms with Crippen molar-refractivity contribution < 1.29 is 23.5 Å². The van der Waals surface area contributed by atoms with Gasteiger partial charge in [0.2, 0.25) is 11.8 Å². The summed E-state index contributed by atoms with van der Waals surface area (Å²) in [5.41, 5.74) is 3.69. The van der Waals surface area contributed by atoms with Crippen molar-refractivity contribution in [1.82, 2.24) is 25.4 Å². The van der Waals surface area contributed by atoms with Crippen molar-refractivity contribution in [2.75, 3.05) is 32.8 Å². The van der Waals surface area contributed by atoms with Crippen LogP contribution in [0.4, 0.5) is 4.39 Å². The van der Waals surface area contributed by atoms with Gasteiger partial charge in [-0.05, 0) is 64.2 Å². The highest BCUT2D eigenvalue weighted by Crippen LogP contribution is 2.27. The Bertz CT molecular complexity index is 2030. The Morgan fingerprint density at radius 3 is 2.64 bits per heavy atom. The van der Waals surface area contributed by atoms with E-state index in [4.69, 9.17) is 4.74 Å². The fourth-order valence-electron chi connectivity index (χ4n) is 6.88. The molecule has 1 aromatic heterocycles. The third kappa shape index (κ3) is 7.82. The lowest BCUT2D eigenvalue weighted by Crippen LogP contribution is -2.46. The summed E-state index contributed by atoms with van der Waals surface area (Å²) in [6.07, 6.45) is 3.97.